The van der Waals surface area contributed by atoms with Gasteiger partial charge in [-0.05, 0) is 35.4 Å². The van der Waals surface area contributed by atoms with Crippen molar-refractivity contribution < 1.29 is 0 Å². The van der Waals surface area contributed by atoms with E-state index >= 15 is 0 Å². The Morgan fingerprint density at radius 1 is 1.33 bits per heavy atom. The third-order valence-electron chi connectivity index (χ3n) is 3.06. The van der Waals surface area contributed by atoms with Gasteiger partial charge < -0.3 is 0 Å². The SMILES string of the molecule is CC1(C)CC1/C=C(/Cl)c1ccc(Cl)cc1. The average molecular weight is 241 g/mol. The molecular weight excluding hydrogens is 227 g/mol. The lowest BCUT2D eigenvalue weighted by atomic mass is 10.1. The van der Waals surface area contributed by atoms with E-state index in [1.54, 1.807) is 0 Å². The van der Waals surface area contributed by atoms with E-state index < -0.39 is 0 Å². The molecule has 0 amide bonds. The summed E-state index contributed by atoms with van der Waals surface area (Å²) in [7, 11) is 0. The summed E-state index contributed by atoms with van der Waals surface area (Å²) in [4.78, 5) is 0. The van der Waals surface area contributed by atoms with Gasteiger partial charge in [0, 0.05) is 10.1 Å². The van der Waals surface area contributed by atoms with Gasteiger partial charge >= 0.3 is 0 Å². The van der Waals surface area contributed by atoms with E-state index in [-0.39, 0.29) is 0 Å². The molecule has 0 nitrogen and oxygen atoms in total. The molecule has 1 aromatic carbocycles. The van der Waals surface area contributed by atoms with Crippen molar-refractivity contribution in [2.45, 2.75) is 20.3 Å². The number of hydrogen-bond acceptors (Lipinski definition) is 0. The van der Waals surface area contributed by atoms with Crippen LogP contribution in [0.15, 0.2) is 30.3 Å². The predicted octanol–water partition coefficient (Wildman–Crippen LogP) is 4.97. The molecule has 0 heterocycles. The maximum atomic E-state index is 6.24. The van der Waals surface area contributed by atoms with Gasteiger partial charge in [-0.15, -0.1) is 0 Å². The van der Waals surface area contributed by atoms with Crippen molar-refractivity contribution in [1.29, 1.82) is 0 Å². The van der Waals surface area contributed by atoms with Crippen LogP contribution >= 0.6 is 23.2 Å². The summed E-state index contributed by atoms with van der Waals surface area (Å²) in [6, 6.07) is 7.64. The van der Waals surface area contributed by atoms with Gasteiger partial charge in [0.2, 0.25) is 0 Å². The molecule has 2 heteroatoms. The van der Waals surface area contributed by atoms with Crippen molar-refractivity contribution in [2.24, 2.45) is 11.3 Å². The van der Waals surface area contributed by atoms with Crippen LogP contribution in [-0.2, 0) is 0 Å². The zero-order chi connectivity index (χ0) is 11.1. The van der Waals surface area contributed by atoms with Crippen LogP contribution < -0.4 is 0 Å². The van der Waals surface area contributed by atoms with Crippen LogP contribution in [0.1, 0.15) is 25.8 Å². The van der Waals surface area contributed by atoms with Crippen LogP contribution in [0.3, 0.4) is 0 Å². The standard InChI is InChI=1S/C13H14Cl2/c1-13(2)8-10(13)7-12(15)9-3-5-11(14)6-4-9/h3-7,10H,8H2,1-2H3/b12-7+. The van der Waals surface area contributed by atoms with Gasteiger partial charge in [-0.2, -0.15) is 0 Å². The lowest BCUT2D eigenvalue weighted by Crippen LogP contribution is -1.87. The van der Waals surface area contributed by atoms with Crippen LogP contribution in [0.4, 0.5) is 0 Å². The molecule has 15 heavy (non-hydrogen) atoms. The Hall–Kier alpha value is -0.460. The Morgan fingerprint density at radius 3 is 2.33 bits per heavy atom. The molecule has 1 unspecified atom stereocenters. The molecule has 1 aliphatic carbocycles. The summed E-state index contributed by atoms with van der Waals surface area (Å²) in [6.45, 7) is 4.53. The lowest BCUT2D eigenvalue weighted by Gasteiger charge is -2.01. The van der Waals surface area contributed by atoms with Crippen molar-refractivity contribution >= 4 is 28.2 Å². The van der Waals surface area contributed by atoms with Gasteiger partial charge in [0.1, 0.15) is 0 Å². The van der Waals surface area contributed by atoms with Gasteiger partial charge in [-0.3, -0.25) is 0 Å². The van der Waals surface area contributed by atoms with Crippen molar-refractivity contribution in [3.05, 3.63) is 40.9 Å². The highest BCUT2D eigenvalue weighted by atomic mass is 35.5. The Morgan fingerprint density at radius 2 is 1.87 bits per heavy atom. The largest absolute Gasteiger partial charge is 0.0843 e. The average Bonchev–Trinajstić information content (AvgIpc) is 2.74. The number of hydrogen-bond donors (Lipinski definition) is 0. The number of rotatable bonds is 2. The molecule has 1 aliphatic rings. The molecule has 0 bridgehead atoms. The van der Waals surface area contributed by atoms with Crippen molar-refractivity contribution in [3.8, 4) is 0 Å². The Labute approximate surface area is 101 Å². The molecule has 0 aliphatic heterocycles. The van der Waals surface area contributed by atoms with E-state index in [0.29, 0.717) is 11.3 Å². The highest BCUT2D eigenvalue weighted by Crippen LogP contribution is 2.53. The molecule has 0 saturated heterocycles. The second-order valence-electron chi connectivity index (χ2n) is 4.82. The minimum atomic E-state index is 0.437. The lowest BCUT2D eigenvalue weighted by molar-refractivity contribution is 0.611. The molecule has 2 rings (SSSR count). The maximum Gasteiger partial charge on any atom is 0.0441 e. The second kappa shape index (κ2) is 3.84. The first kappa shape index (κ1) is 11.0. The van der Waals surface area contributed by atoms with Crippen molar-refractivity contribution in [2.75, 3.05) is 0 Å². The molecule has 1 fully saturated rings. The van der Waals surface area contributed by atoms with E-state index in [9.17, 15) is 0 Å². The molecular formula is C13H14Cl2. The minimum absolute atomic E-state index is 0.437. The fourth-order valence-corrected chi connectivity index (χ4v) is 2.08. The topological polar surface area (TPSA) is 0 Å². The molecule has 1 atom stereocenters. The Balaban J connectivity index is 2.14. The first-order chi connectivity index (χ1) is 6.99. The van der Waals surface area contributed by atoms with Gasteiger partial charge in [0.05, 0.1) is 0 Å². The predicted molar refractivity (Wildman–Crippen MR) is 67.2 cm³/mol. The van der Waals surface area contributed by atoms with E-state index in [2.05, 4.69) is 19.9 Å². The van der Waals surface area contributed by atoms with Crippen LogP contribution in [0, 0.1) is 11.3 Å². The zero-order valence-electron chi connectivity index (χ0n) is 8.93. The molecule has 0 radical (unpaired) electrons. The van der Waals surface area contributed by atoms with E-state index in [0.717, 1.165) is 15.6 Å². The fourth-order valence-electron chi connectivity index (χ4n) is 1.67. The number of halogens is 2. The third kappa shape index (κ3) is 2.56. The van der Waals surface area contributed by atoms with Gasteiger partial charge in [-0.25, -0.2) is 0 Å². The summed E-state index contributed by atoms with van der Waals surface area (Å²) in [5.74, 6) is 0.626. The zero-order valence-corrected chi connectivity index (χ0v) is 10.4. The van der Waals surface area contributed by atoms with Crippen LogP contribution in [0.25, 0.3) is 5.03 Å². The quantitative estimate of drug-likeness (QED) is 0.686. The number of benzene rings is 1. The molecule has 1 aromatic rings. The van der Waals surface area contributed by atoms with Crippen LogP contribution in [0.2, 0.25) is 5.02 Å². The molecule has 0 aromatic heterocycles. The van der Waals surface area contributed by atoms with E-state index in [1.807, 2.05) is 24.3 Å². The summed E-state index contributed by atoms with van der Waals surface area (Å²) < 4.78 is 0. The molecule has 80 valence electrons. The van der Waals surface area contributed by atoms with Gasteiger partial charge in [0.15, 0.2) is 0 Å². The van der Waals surface area contributed by atoms with E-state index in [1.165, 1.54) is 6.42 Å². The molecule has 0 spiro atoms. The van der Waals surface area contributed by atoms with Gasteiger partial charge in [-0.1, -0.05) is 55.3 Å². The highest BCUT2D eigenvalue weighted by Gasteiger charge is 2.43. The Kier molecular flexibility index (Phi) is 2.83. The van der Waals surface area contributed by atoms with Crippen LogP contribution in [0.5, 0.6) is 0 Å². The molecule has 1 saturated carbocycles. The summed E-state index contributed by atoms with van der Waals surface area (Å²) in [6.07, 6.45) is 3.39. The van der Waals surface area contributed by atoms with Crippen molar-refractivity contribution in [3.63, 3.8) is 0 Å². The summed E-state index contributed by atoms with van der Waals surface area (Å²) >= 11 is 12.1. The van der Waals surface area contributed by atoms with Gasteiger partial charge in [0.25, 0.3) is 0 Å². The highest BCUT2D eigenvalue weighted by molar-refractivity contribution is 6.48. The minimum Gasteiger partial charge on any atom is -0.0843 e. The molecule has 0 N–H and O–H groups in total. The smallest absolute Gasteiger partial charge is 0.0441 e. The van der Waals surface area contributed by atoms with Crippen LogP contribution in [-0.4, -0.2) is 0 Å². The fraction of sp³-hybridized carbons (Fsp3) is 0.385. The first-order valence-electron chi connectivity index (χ1n) is 5.12. The Bertz CT molecular complexity index is 388. The monoisotopic (exact) mass is 240 g/mol. The third-order valence-corrected chi connectivity index (χ3v) is 3.65. The van der Waals surface area contributed by atoms with Crippen molar-refractivity contribution in [1.82, 2.24) is 0 Å². The second-order valence-corrected chi connectivity index (χ2v) is 5.66. The maximum absolute atomic E-state index is 6.24. The normalized spacial score (nSPS) is 24.0. The first-order valence-corrected chi connectivity index (χ1v) is 5.88. The summed E-state index contributed by atoms with van der Waals surface area (Å²) in [5.41, 5.74) is 1.48. The number of allylic oxidation sites excluding steroid dienone is 1. The summed E-state index contributed by atoms with van der Waals surface area (Å²) in [5, 5.41) is 1.58. The van der Waals surface area contributed by atoms with E-state index in [4.69, 9.17) is 23.2 Å².